The second-order valence-electron chi connectivity index (χ2n) is 5.04. The van der Waals surface area contributed by atoms with Crippen molar-refractivity contribution in [1.82, 2.24) is 0 Å². The smallest absolute Gasteiger partial charge is 0.265 e. The first-order valence-electron chi connectivity index (χ1n) is 7.09. The Bertz CT molecular complexity index is 722. The molecule has 2 rings (SSSR count). The van der Waals surface area contributed by atoms with Crippen molar-refractivity contribution in [2.45, 2.75) is 26.4 Å². The Labute approximate surface area is 144 Å². The summed E-state index contributed by atoms with van der Waals surface area (Å²) >= 11 is 11.7. The number of carbonyl (C=O) groups excluding carboxylic acids is 1. The molecule has 2 aromatic rings. The van der Waals surface area contributed by atoms with Crippen LogP contribution in [-0.4, -0.2) is 12.0 Å². The third kappa shape index (κ3) is 4.60. The summed E-state index contributed by atoms with van der Waals surface area (Å²) in [6, 6.07) is 9.19. The number of benzene rings is 2. The highest BCUT2D eigenvalue weighted by atomic mass is 35.5. The predicted octanol–water partition coefficient (Wildman–Crippen LogP) is 5.24. The lowest BCUT2D eigenvalue weighted by Crippen LogP contribution is -2.32. The lowest BCUT2D eigenvalue weighted by Gasteiger charge is -2.18. The van der Waals surface area contributed by atoms with Gasteiger partial charge in [-0.05, 0) is 55.3 Å². The average Bonchev–Trinajstić information content (AvgIpc) is 2.52. The van der Waals surface area contributed by atoms with Gasteiger partial charge in [0.2, 0.25) is 0 Å². The molecule has 2 aromatic carbocycles. The minimum absolute atomic E-state index is 0.0508. The second kappa shape index (κ2) is 7.66. The molecule has 0 heterocycles. The average molecular weight is 356 g/mol. The number of carbonyl (C=O) groups is 1. The predicted molar refractivity (Wildman–Crippen MR) is 90.9 cm³/mol. The summed E-state index contributed by atoms with van der Waals surface area (Å²) in [6.45, 7) is 3.70. The highest BCUT2D eigenvalue weighted by Crippen LogP contribution is 2.23. The Morgan fingerprint density at radius 3 is 2.57 bits per heavy atom. The molecule has 1 amide bonds. The molecule has 1 atom stereocenters. The van der Waals surface area contributed by atoms with E-state index in [9.17, 15) is 9.18 Å². The van der Waals surface area contributed by atoms with Crippen LogP contribution in [0.1, 0.15) is 18.9 Å². The fourth-order valence-corrected chi connectivity index (χ4v) is 2.27. The van der Waals surface area contributed by atoms with Gasteiger partial charge in [0, 0.05) is 10.7 Å². The third-order valence-electron chi connectivity index (χ3n) is 3.26. The van der Waals surface area contributed by atoms with E-state index in [0.717, 1.165) is 5.56 Å². The summed E-state index contributed by atoms with van der Waals surface area (Å²) in [5.74, 6) is -0.307. The van der Waals surface area contributed by atoms with Crippen LogP contribution < -0.4 is 10.1 Å². The van der Waals surface area contributed by atoms with Crippen LogP contribution in [0, 0.1) is 12.7 Å². The second-order valence-corrected chi connectivity index (χ2v) is 5.86. The number of ether oxygens (including phenoxy) is 1. The quantitative estimate of drug-likeness (QED) is 0.796. The molecule has 3 nitrogen and oxygen atoms in total. The molecule has 0 saturated heterocycles. The molecule has 0 radical (unpaired) electrons. The summed E-state index contributed by atoms with van der Waals surface area (Å²) in [4.78, 5) is 12.3. The van der Waals surface area contributed by atoms with Crippen LogP contribution in [0.15, 0.2) is 36.4 Å². The molecular formula is C17H16Cl2FNO2. The van der Waals surface area contributed by atoms with Gasteiger partial charge in [0.25, 0.3) is 5.91 Å². The van der Waals surface area contributed by atoms with E-state index in [-0.39, 0.29) is 10.9 Å². The molecule has 6 heteroatoms. The van der Waals surface area contributed by atoms with E-state index in [0.29, 0.717) is 22.9 Å². The zero-order valence-electron chi connectivity index (χ0n) is 12.7. The Balaban J connectivity index is 2.08. The Morgan fingerprint density at radius 2 is 1.96 bits per heavy atom. The lowest BCUT2D eigenvalue weighted by atomic mass is 10.2. The first-order valence-corrected chi connectivity index (χ1v) is 7.85. The van der Waals surface area contributed by atoms with E-state index in [1.165, 1.54) is 18.2 Å². The van der Waals surface area contributed by atoms with Gasteiger partial charge in [0.15, 0.2) is 6.10 Å². The largest absolute Gasteiger partial charge is 0.481 e. The summed E-state index contributed by atoms with van der Waals surface area (Å²) in [6.07, 6.45) is -0.206. The van der Waals surface area contributed by atoms with Gasteiger partial charge in [0.05, 0.1) is 5.02 Å². The Kier molecular flexibility index (Phi) is 5.85. The minimum atomic E-state index is -0.681. The molecule has 0 fully saturated rings. The number of anilines is 1. The Hall–Kier alpha value is -1.78. The van der Waals surface area contributed by atoms with Gasteiger partial charge in [-0.1, -0.05) is 30.1 Å². The van der Waals surface area contributed by atoms with Gasteiger partial charge in [-0.3, -0.25) is 4.79 Å². The van der Waals surface area contributed by atoms with E-state index in [4.69, 9.17) is 27.9 Å². The number of hydrogen-bond acceptors (Lipinski definition) is 2. The summed E-state index contributed by atoms with van der Waals surface area (Å²) < 4.78 is 18.8. The number of amides is 1. The van der Waals surface area contributed by atoms with Gasteiger partial charge in [-0.2, -0.15) is 0 Å². The van der Waals surface area contributed by atoms with Crippen molar-refractivity contribution in [3.05, 3.63) is 57.8 Å². The highest BCUT2D eigenvalue weighted by Gasteiger charge is 2.19. The molecule has 0 aliphatic heterocycles. The molecule has 0 spiro atoms. The van der Waals surface area contributed by atoms with E-state index < -0.39 is 11.9 Å². The molecule has 1 N–H and O–H groups in total. The molecular weight excluding hydrogens is 340 g/mol. The molecule has 0 aliphatic carbocycles. The fourth-order valence-electron chi connectivity index (χ4n) is 1.97. The van der Waals surface area contributed by atoms with Crippen LogP contribution >= 0.6 is 23.2 Å². The lowest BCUT2D eigenvalue weighted by molar-refractivity contribution is -0.122. The van der Waals surface area contributed by atoms with Gasteiger partial charge in [0.1, 0.15) is 11.6 Å². The van der Waals surface area contributed by atoms with Crippen LogP contribution in [0.2, 0.25) is 10.0 Å². The van der Waals surface area contributed by atoms with Crippen molar-refractivity contribution in [3.8, 4) is 5.75 Å². The van der Waals surface area contributed by atoms with Crippen LogP contribution in [0.3, 0.4) is 0 Å². The van der Waals surface area contributed by atoms with E-state index in [2.05, 4.69) is 5.32 Å². The maximum atomic E-state index is 13.1. The van der Waals surface area contributed by atoms with Crippen molar-refractivity contribution < 1.29 is 13.9 Å². The first-order chi connectivity index (χ1) is 10.9. The molecule has 122 valence electrons. The normalized spacial score (nSPS) is 11.9. The topological polar surface area (TPSA) is 38.3 Å². The standard InChI is InChI=1S/C17H16Cl2FNO2/c1-3-16(23-12-5-6-13(18)10(2)8-12)17(22)21-11-4-7-15(20)14(19)9-11/h4-9,16H,3H2,1-2H3,(H,21,22)/t16-/m1/s1. The highest BCUT2D eigenvalue weighted by molar-refractivity contribution is 6.31. The number of rotatable bonds is 5. The van der Waals surface area contributed by atoms with Crippen LogP contribution in [0.5, 0.6) is 5.75 Å². The third-order valence-corrected chi connectivity index (χ3v) is 3.97. The summed E-state index contributed by atoms with van der Waals surface area (Å²) in [7, 11) is 0. The van der Waals surface area contributed by atoms with Crippen LogP contribution in [0.4, 0.5) is 10.1 Å². The fraction of sp³-hybridized carbons (Fsp3) is 0.235. The van der Waals surface area contributed by atoms with Crippen LogP contribution in [-0.2, 0) is 4.79 Å². The number of nitrogens with one attached hydrogen (secondary N) is 1. The van der Waals surface area contributed by atoms with Gasteiger partial charge in [-0.25, -0.2) is 4.39 Å². The molecule has 0 aromatic heterocycles. The number of hydrogen-bond donors (Lipinski definition) is 1. The molecule has 0 unspecified atom stereocenters. The Morgan fingerprint density at radius 1 is 1.22 bits per heavy atom. The van der Waals surface area contributed by atoms with Crippen molar-refractivity contribution in [1.29, 1.82) is 0 Å². The van der Waals surface area contributed by atoms with Crippen molar-refractivity contribution >= 4 is 34.8 Å². The van der Waals surface area contributed by atoms with Crippen molar-refractivity contribution in [2.24, 2.45) is 0 Å². The maximum absolute atomic E-state index is 13.1. The molecule has 0 aliphatic rings. The monoisotopic (exact) mass is 355 g/mol. The molecule has 0 bridgehead atoms. The van der Waals surface area contributed by atoms with Crippen LogP contribution in [0.25, 0.3) is 0 Å². The van der Waals surface area contributed by atoms with Gasteiger partial charge in [-0.15, -0.1) is 0 Å². The minimum Gasteiger partial charge on any atom is -0.481 e. The van der Waals surface area contributed by atoms with Gasteiger partial charge >= 0.3 is 0 Å². The molecule has 23 heavy (non-hydrogen) atoms. The number of aryl methyl sites for hydroxylation is 1. The van der Waals surface area contributed by atoms with E-state index >= 15 is 0 Å². The maximum Gasteiger partial charge on any atom is 0.265 e. The zero-order valence-corrected chi connectivity index (χ0v) is 14.2. The summed E-state index contributed by atoms with van der Waals surface area (Å²) in [5.41, 5.74) is 1.28. The van der Waals surface area contributed by atoms with Crippen molar-refractivity contribution in [3.63, 3.8) is 0 Å². The zero-order chi connectivity index (χ0) is 17.0. The number of halogens is 3. The summed E-state index contributed by atoms with van der Waals surface area (Å²) in [5, 5.41) is 3.25. The molecule has 0 saturated carbocycles. The first kappa shape index (κ1) is 17.6. The SMILES string of the molecule is CC[C@@H](Oc1ccc(Cl)c(C)c1)C(=O)Nc1ccc(F)c(Cl)c1. The van der Waals surface area contributed by atoms with E-state index in [1.54, 1.807) is 18.2 Å². The van der Waals surface area contributed by atoms with E-state index in [1.807, 2.05) is 13.8 Å². The van der Waals surface area contributed by atoms with Gasteiger partial charge < -0.3 is 10.1 Å². The van der Waals surface area contributed by atoms with Crippen molar-refractivity contribution in [2.75, 3.05) is 5.32 Å².